The van der Waals surface area contributed by atoms with Crippen molar-refractivity contribution in [3.8, 4) is 0 Å². The third-order valence-electron chi connectivity index (χ3n) is 3.96. The Morgan fingerprint density at radius 3 is 2.78 bits per heavy atom. The SMILES string of the molecule is CN(C)CC(=O)N1CCO[C@@H](CNc2ccc(S(N)(=O)=O)cc2[N+](=O)[O-])C1. The van der Waals surface area contributed by atoms with Gasteiger partial charge in [0.05, 0.1) is 29.1 Å². The predicted molar refractivity (Wildman–Crippen MR) is 97.8 cm³/mol. The first-order valence-corrected chi connectivity index (χ1v) is 9.72. The minimum atomic E-state index is -4.04. The molecular formula is C15H23N5O6S. The highest BCUT2D eigenvalue weighted by atomic mass is 32.2. The number of nitrogens with one attached hydrogen (secondary N) is 1. The molecule has 0 unspecified atom stereocenters. The Hall–Kier alpha value is -2.28. The van der Waals surface area contributed by atoms with Gasteiger partial charge in [-0.2, -0.15) is 0 Å². The second-order valence-corrected chi connectivity index (χ2v) is 7.99. The fraction of sp³-hybridized carbons (Fsp3) is 0.533. The number of likely N-dealkylation sites (N-methyl/N-ethyl adjacent to an activating group) is 1. The summed E-state index contributed by atoms with van der Waals surface area (Å²) in [5.74, 6) is -0.0169. The molecular weight excluding hydrogens is 378 g/mol. The fourth-order valence-electron chi connectivity index (χ4n) is 2.65. The molecule has 1 heterocycles. The fourth-order valence-corrected chi connectivity index (χ4v) is 3.19. The van der Waals surface area contributed by atoms with Gasteiger partial charge in [0.1, 0.15) is 5.69 Å². The van der Waals surface area contributed by atoms with Crippen molar-refractivity contribution in [2.75, 3.05) is 52.2 Å². The van der Waals surface area contributed by atoms with E-state index in [1.165, 1.54) is 12.1 Å². The van der Waals surface area contributed by atoms with Gasteiger partial charge in [-0.25, -0.2) is 13.6 Å². The van der Waals surface area contributed by atoms with Crippen LogP contribution in [-0.2, 0) is 19.6 Å². The van der Waals surface area contributed by atoms with Crippen LogP contribution in [0.4, 0.5) is 11.4 Å². The average molecular weight is 401 g/mol. The van der Waals surface area contributed by atoms with Gasteiger partial charge in [0, 0.05) is 25.7 Å². The van der Waals surface area contributed by atoms with Gasteiger partial charge in [0.25, 0.3) is 5.69 Å². The van der Waals surface area contributed by atoms with Crippen molar-refractivity contribution in [2.24, 2.45) is 5.14 Å². The number of sulfonamides is 1. The molecule has 1 atom stereocenters. The van der Waals surface area contributed by atoms with Gasteiger partial charge in [0.2, 0.25) is 15.9 Å². The minimum Gasteiger partial charge on any atom is -0.377 e. The summed E-state index contributed by atoms with van der Waals surface area (Å²) in [6.07, 6.45) is -0.345. The van der Waals surface area contributed by atoms with Gasteiger partial charge in [-0.1, -0.05) is 0 Å². The van der Waals surface area contributed by atoms with Crippen LogP contribution < -0.4 is 10.5 Å². The number of nitrogens with zero attached hydrogens (tertiary/aromatic N) is 3. The highest BCUT2D eigenvalue weighted by Gasteiger charge is 2.25. The van der Waals surface area contributed by atoms with E-state index in [0.29, 0.717) is 26.2 Å². The molecule has 0 spiro atoms. The molecule has 0 aliphatic carbocycles. The molecule has 1 aliphatic heterocycles. The van der Waals surface area contributed by atoms with Crippen LogP contribution in [0, 0.1) is 10.1 Å². The quantitative estimate of drug-likeness (QED) is 0.456. The maximum Gasteiger partial charge on any atom is 0.293 e. The lowest BCUT2D eigenvalue weighted by atomic mass is 10.2. The Bertz CT molecular complexity index is 813. The molecule has 1 aliphatic rings. The summed E-state index contributed by atoms with van der Waals surface area (Å²) in [6, 6.07) is 3.39. The number of morpholine rings is 1. The number of hydrogen-bond acceptors (Lipinski definition) is 8. The molecule has 0 aromatic heterocycles. The smallest absolute Gasteiger partial charge is 0.293 e. The van der Waals surface area contributed by atoms with Gasteiger partial charge in [-0.05, 0) is 26.2 Å². The van der Waals surface area contributed by atoms with E-state index in [1.807, 2.05) is 14.1 Å². The minimum absolute atomic E-state index is 0.0169. The zero-order valence-corrected chi connectivity index (χ0v) is 15.9. The Morgan fingerprint density at radius 1 is 1.48 bits per heavy atom. The second-order valence-electron chi connectivity index (χ2n) is 6.43. The van der Waals surface area contributed by atoms with E-state index in [1.54, 1.807) is 9.80 Å². The first kappa shape index (κ1) is 21.0. The molecule has 0 saturated carbocycles. The highest BCUT2D eigenvalue weighted by molar-refractivity contribution is 7.89. The summed E-state index contributed by atoms with van der Waals surface area (Å²) in [4.78, 5) is 25.8. The number of amides is 1. The molecule has 0 radical (unpaired) electrons. The van der Waals surface area contributed by atoms with Crippen LogP contribution in [0.3, 0.4) is 0 Å². The predicted octanol–water partition coefficient (Wildman–Crippen LogP) is -0.557. The first-order valence-electron chi connectivity index (χ1n) is 8.17. The molecule has 1 amide bonds. The van der Waals surface area contributed by atoms with Crippen LogP contribution in [0.1, 0.15) is 0 Å². The zero-order chi connectivity index (χ0) is 20.2. The van der Waals surface area contributed by atoms with E-state index < -0.39 is 20.6 Å². The summed E-state index contributed by atoms with van der Waals surface area (Å²) in [5, 5.41) is 19.1. The average Bonchev–Trinajstić information content (AvgIpc) is 2.58. The number of nitro groups is 1. The van der Waals surface area contributed by atoms with E-state index >= 15 is 0 Å². The van der Waals surface area contributed by atoms with Crippen LogP contribution in [0.25, 0.3) is 0 Å². The Kier molecular flexibility index (Phi) is 6.70. The number of carbonyl (C=O) groups excluding carboxylic acids is 1. The van der Waals surface area contributed by atoms with E-state index in [0.717, 1.165) is 6.07 Å². The number of nitrogens with two attached hydrogens (primary N) is 1. The summed E-state index contributed by atoms with van der Waals surface area (Å²) in [5.41, 5.74) is -0.259. The van der Waals surface area contributed by atoms with Gasteiger partial charge in [-0.3, -0.25) is 14.9 Å². The van der Waals surface area contributed by atoms with E-state index in [2.05, 4.69) is 5.32 Å². The largest absolute Gasteiger partial charge is 0.377 e. The summed E-state index contributed by atoms with van der Waals surface area (Å²) >= 11 is 0. The number of anilines is 1. The summed E-state index contributed by atoms with van der Waals surface area (Å²) in [6.45, 7) is 1.75. The van der Waals surface area contributed by atoms with Crippen LogP contribution >= 0.6 is 0 Å². The number of ether oxygens (including phenoxy) is 1. The third kappa shape index (κ3) is 5.85. The van der Waals surface area contributed by atoms with Gasteiger partial charge in [0.15, 0.2) is 0 Å². The van der Waals surface area contributed by atoms with Crippen LogP contribution in [0.2, 0.25) is 0 Å². The van der Waals surface area contributed by atoms with Crippen molar-refractivity contribution in [2.45, 2.75) is 11.0 Å². The molecule has 1 aromatic carbocycles. The number of benzene rings is 1. The third-order valence-corrected chi connectivity index (χ3v) is 4.87. The van der Waals surface area contributed by atoms with Crippen molar-refractivity contribution in [3.05, 3.63) is 28.3 Å². The van der Waals surface area contributed by atoms with Crippen LogP contribution in [0.5, 0.6) is 0 Å². The zero-order valence-electron chi connectivity index (χ0n) is 15.1. The standard InChI is InChI=1S/C15H23N5O6S/c1-18(2)10-15(21)19-5-6-26-11(9-19)8-17-13-4-3-12(27(16,24)25)7-14(13)20(22)23/h3-4,7,11,17H,5-6,8-10H2,1-2H3,(H2,16,24,25)/t11-/m0/s1. The molecule has 1 aromatic rings. The molecule has 0 bridgehead atoms. The molecule has 150 valence electrons. The lowest BCUT2D eigenvalue weighted by molar-refractivity contribution is -0.384. The van der Waals surface area contributed by atoms with E-state index in [9.17, 15) is 23.3 Å². The van der Waals surface area contributed by atoms with Gasteiger partial charge >= 0.3 is 0 Å². The number of carbonyl (C=O) groups is 1. The van der Waals surface area contributed by atoms with Gasteiger partial charge in [-0.15, -0.1) is 0 Å². The van der Waals surface area contributed by atoms with Crippen LogP contribution in [0.15, 0.2) is 23.1 Å². The van der Waals surface area contributed by atoms with Crippen molar-refractivity contribution in [1.29, 1.82) is 0 Å². The second kappa shape index (κ2) is 8.61. The molecule has 27 heavy (non-hydrogen) atoms. The summed E-state index contributed by atoms with van der Waals surface area (Å²) < 4.78 is 28.4. The monoisotopic (exact) mass is 401 g/mol. The Labute approximate surface area is 157 Å². The Morgan fingerprint density at radius 2 is 2.19 bits per heavy atom. The summed E-state index contributed by atoms with van der Waals surface area (Å²) in [7, 11) is -0.428. The normalized spacial score (nSPS) is 17.8. The topological polar surface area (TPSA) is 148 Å². The highest BCUT2D eigenvalue weighted by Crippen LogP contribution is 2.27. The van der Waals surface area contributed by atoms with Crippen LogP contribution in [-0.4, -0.2) is 82.0 Å². The number of primary sulfonamides is 1. The maximum absolute atomic E-state index is 12.2. The number of hydrogen-bond donors (Lipinski definition) is 2. The lowest BCUT2D eigenvalue weighted by Gasteiger charge is -2.33. The maximum atomic E-state index is 12.2. The van der Waals surface area contributed by atoms with Crippen molar-refractivity contribution >= 4 is 27.3 Å². The molecule has 2 rings (SSSR count). The first-order chi connectivity index (χ1) is 12.6. The molecule has 3 N–H and O–H groups in total. The molecule has 1 fully saturated rings. The molecule has 1 saturated heterocycles. The number of rotatable bonds is 7. The number of nitro benzene ring substituents is 1. The van der Waals surface area contributed by atoms with Gasteiger partial charge < -0.3 is 19.9 Å². The molecule has 11 nitrogen and oxygen atoms in total. The Balaban J connectivity index is 2.05. The van der Waals surface area contributed by atoms with Crippen molar-refractivity contribution < 1.29 is 22.9 Å². The van der Waals surface area contributed by atoms with E-state index in [-0.39, 0.29) is 29.1 Å². The lowest BCUT2D eigenvalue weighted by Crippen LogP contribution is -2.50. The van der Waals surface area contributed by atoms with E-state index in [4.69, 9.17) is 9.88 Å². The van der Waals surface area contributed by atoms with Crippen molar-refractivity contribution in [3.63, 3.8) is 0 Å². The molecule has 12 heteroatoms. The van der Waals surface area contributed by atoms with Crippen molar-refractivity contribution in [1.82, 2.24) is 9.80 Å².